The molecule has 0 aromatic heterocycles. The van der Waals surface area contributed by atoms with Crippen molar-refractivity contribution in [2.75, 3.05) is 13.2 Å². The molecule has 0 spiro atoms. The highest BCUT2D eigenvalue weighted by atomic mass is 16.6. The Kier molecular flexibility index (Phi) is 1.42. The van der Waals surface area contributed by atoms with Crippen molar-refractivity contribution >= 4 is 0 Å². The second-order valence-corrected chi connectivity index (χ2v) is 2.68. The van der Waals surface area contributed by atoms with Gasteiger partial charge in [-0.3, -0.25) is 0 Å². The summed E-state index contributed by atoms with van der Waals surface area (Å²) in [6.45, 7) is 0.389. The number of fused-ring (bicyclic) bond motifs is 2. The first-order chi connectivity index (χ1) is 4.83. The maximum Gasteiger partial charge on any atom is 0.114 e. The van der Waals surface area contributed by atoms with E-state index >= 15 is 0 Å². The molecule has 4 atom stereocenters. The molecule has 0 aromatic rings. The molecule has 4 unspecified atom stereocenters. The van der Waals surface area contributed by atoms with E-state index in [1.165, 1.54) is 0 Å². The fraction of sp³-hybridized carbons (Fsp3) is 1.00. The second-order valence-electron chi connectivity index (χ2n) is 2.68. The summed E-state index contributed by atoms with van der Waals surface area (Å²) in [4.78, 5) is 0. The van der Waals surface area contributed by atoms with Gasteiger partial charge in [-0.05, 0) is 0 Å². The van der Waals surface area contributed by atoms with Crippen LogP contribution < -0.4 is 0 Å². The zero-order chi connectivity index (χ0) is 7.14. The first kappa shape index (κ1) is 6.54. The fourth-order valence-corrected chi connectivity index (χ4v) is 1.51. The van der Waals surface area contributed by atoms with Crippen LogP contribution in [0.15, 0.2) is 0 Å². The van der Waals surface area contributed by atoms with Crippen LogP contribution in [-0.4, -0.2) is 47.8 Å². The zero-order valence-electron chi connectivity index (χ0n) is 5.43. The highest BCUT2D eigenvalue weighted by Gasteiger charge is 2.49. The Bertz CT molecular complexity index is 138. The SMILES string of the molecule is OCC1OC2COC1C2O. The maximum atomic E-state index is 9.27. The number of rotatable bonds is 1. The summed E-state index contributed by atoms with van der Waals surface area (Å²) >= 11 is 0. The van der Waals surface area contributed by atoms with E-state index in [2.05, 4.69) is 0 Å². The van der Waals surface area contributed by atoms with Crippen LogP contribution in [0, 0.1) is 0 Å². The molecule has 0 aromatic carbocycles. The van der Waals surface area contributed by atoms with Crippen molar-refractivity contribution in [3.63, 3.8) is 0 Å². The summed E-state index contributed by atoms with van der Waals surface area (Å²) in [5.41, 5.74) is 0. The van der Waals surface area contributed by atoms with Gasteiger partial charge in [0.1, 0.15) is 24.4 Å². The Morgan fingerprint density at radius 1 is 1.50 bits per heavy atom. The molecular weight excluding hydrogens is 136 g/mol. The lowest BCUT2D eigenvalue weighted by molar-refractivity contribution is -0.108. The summed E-state index contributed by atoms with van der Waals surface area (Å²) in [7, 11) is 0. The minimum atomic E-state index is -0.530. The normalized spacial score (nSPS) is 52.2. The highest BCUT2D eigenvalue weighted by molar-refractivity contribution is 4.96. The van der Waals surface area contributed by atoms with Crippen LogP contribution in [0.3, 0.4) is 0 Å². The van der Waals surface area contributed by atoms with E-state index < -0.39 is 6.10 Å². The predicted molar refractivity (Wildman–Crippen MR) is 31.5 cm³/mol. The zero-order valence-corrected chi connectivity index (χ0v) is 5.43. The van der Waals surface area contributed by atoms with E-state index in [0.29, 0.717) is 6.61 Å². The minimum absolute atomic E-state index is 0.0712. The first-order valence-corrected chi connectivity index (χ1v) is 3.39. The van der Waals surface area contributed by atoms with Gasteiger partial charge in [0.25, 0.3) is 0 Å². The van der Waals surface area contributed by atoms with Crippen molar-refractivity contribution in [1.29, 1.82) is 0 Å². The average Bonchev–Trinajstić information content (AvgIpc) is 2.46. The number of hydrogen-bond acceptors (Lipinski definition) is 4. The Hall–Kier alpha value is -0.160. The monoisotopic (exact) mass is 146 g/mol. The van der Waals surface area contributed by atoms with E-state index in [9.17, 15) is 5.11 Å². The predicted octanol–water partition coefficient (Wildman–Crippen LogP) is -1.49. The molecule has 58 valence electrons. The van der Waals surface area contributed by atoms with Gasteiger partial charge in [0, 0.05) is 0 Å². The van der Waals surface area contributed by atoms with Gasteiger partial charge in [-0.1, -0.05) is 0 Å². The number of aliphatic hydroxyl groups excluding tert-OH is 2. The third-order valence-electron chi connectivity index (χ3n) is 2.07. The molecule has 0 amide bonds. The van der Waals surface area contributed by atoms with Crippen molar-refractivity contribution in [2.24, 2.45) is 0 Å². The summed E-state index contributed by atoms with van der Waals surface area (Å²) in [5.74, 6) is 0. The maximum absolute atomic E-state index is 9.27. The topological polar surface area (TPSA) is 58.9 Å². The van der Waals surface area contributed by atoms with E-state index in [1.54, 1.807) is 0 Å². The largest absolute Gasteiger partial charge is 0.394 e. The average molecular weight is 146 g/mol. The highest BCUT2D eigenvalue weighted by Crippen LogP contribution is 2.30. The van der Waals surface area contributed by atoms with E-state index in [4.69, 9.17) is 14.6 Å². The lowest BCUT2D eigenvalue weighted by Gasteiger charge is -2.19. The molecule has 2 rings (SSSR count). The van der Waals surface area contributed by atoms with Crippen molar-refractivity contribution in [1.82, 2.24) is 0 Å². The number of hydrogen-bond donors (Lipinski definition) is 2. The van der Waals surface area contributed by atoms with Crippen molar-refractivity contribution in [3.05, 3.63) is 0 Å². The van der Waals surface area contributed by atoms with Crippen LogP contribution >= 0.6 is 0 Å². The van der Waals surface area contributed by atoms with Crippen LogP contribution in [0.1, 0.15) is 0 Å². The molecule has 2 fully saturated rings. The van der Waals surface area contributed by atoms with E-state index in [1.807, 2.05) is 0 Å². The molecule has 2 aliphatic rings. The van der Waals surface area contributed by atoms with Gasteiger partial charge in [0.05, 0.1) is 13.2 Å². The quantitative estimate of drug-likeness (QED) is 0.473. The molecule has 2 bridgehead atoms. The smallest absolute Gasteiger partial charge is 0.114 e. The standard InChI is InChI=1S/C6H10O4/c7-1-3-6-5(8)4(10-3)2-9-6/h3-8H,1-2H2. The van der Waals surface area contributed by atoms with Gasteiger partial charge >= 0.3 is 0 Å². The molecule has 2 saturated heterocycles. The van der Waals surface area contributed by atoms with Gasteiger partial charge in [-0.15, -0.1) is 0 Å². The van der Waals surface area contributed by atoms with Crippen LogP contribution in [0.5, 0.6) is 0 Å². The van der Waals surface area contributed by atoms with Crippen LogP contribution in [0.4, 0.5) is 0 Å². The molecule has 4 heteroatoms. The van der Waals surface area contributed by atoms with Gasteiger partial charge < -0.3 is 19.7 Å². The fourth-order valence-electron chi connectivity index (χ4n) is 1.51. The Labute approximate surface area is 58.4 Å². The second kappa shape index (κ2) is 2.17. The Balaban J connectivity index is 2.08. The molecule has 0 saturated carbocycles. The summed E-state index contributed by atoms with van der Waals surface area (Å²) in [5, 5.41) is 18.0. The Morgan fingerprint density at radius 3 is 2.60 bits per heavy atom. The van der Waals surface area contributed by atoms with E-state index in [-0.39, 0.29) is 24.9 Å². The molecule has 2 aliphatic heterocycles. The number of aliphatic hydroxyl groups is 2. The molecule has 10 heavy (non-hydrogen) atoms. The summed E-state index contributed by atoms with van der Waals surface area (Å²) < 4.78 is 10.3. The van der Waals surface area contributed by atoms with Crippen LogP contribution in [-0.2, 0) is 9.47 Å². The van der Waals surface area contributed by atoms with Gasteiger partial charge in [0.2, 0.25) is 0 Å². The van der Waals surface area contributed by atoms with Gasteiger partial charge in [-0.2, -0.15) is 0 Å². The van der Waals surface area contributed by atoms with Crippen molar-refractivity contribution in [3.8, 4) is 0 Å². The summed E-state index contributed by atoms with van der Waals surface area (Å²) in [6.07, 6.45) is -1.34. The van der Waals surface area contributed by atoms with Gasteiger partial charge in [0.15, 0.2) is 0 Å². The van der Waals surface area contributed by atoms with Gasteiger partial charge in [-0.25, -0.2) is 0 Å². The number of ether oxygens (including phenoxy) is 2. The molecule has 0 aliphatic carbocycles. The lowest BCUT2D eigenvalue weighted by atomic mass is 10.1. The Morgan fingerprint density at radius 2 is 2.30 bits per heavy atom. The third kappa shape index (κ3) is 0.703. The van der Waals surface area contributed by atoms with Crippen LogP contribution in [0.25, 0.3) is 0 Å². The van der Waals surface area contributed by atoms with E-state index in [0.717, 1.165) is 0 Å². The lowest BCUT2D eigenvalue weighted by Crippen LogP contribution is -2.33. The molecular formula is C6H10O4. The summed E-state index contributed by atoms with van der Waals surface area (Å²) in [6, 6.07) is 0. The molecule has 2 heterocycles. The van der Waals surface area contributed by atoms with Crippen LogP contribution in [0.2, 0.25) is 0 Å². The molecule has 2 N–H and O–H groups in total. The third-order valence-corrected chi connectivity index (χ3v) is 2.07. The van der Waals surface area contributed by atoms with Crippen molar-refractivity contribution < 1.29 is 19.7 Å². The molecule has 4 nitrogen and oxygen atoms in total. The minimum Gasteiger partial charge on any atom is -0.394 e. The van der Waals surface area contributed by atoms with Crippen molar-refractivity contribution in [2.45, 2.75) is 24.4 Å². The first-order valence-electron chi connectivity index (χ1n) is 3.39. The molecule has 0 radical (unpaired) electrons.